The quantitative estimate of drug-likeness (QED) is 0.168. The van der Waals surface area contributed by atoms with Gasteiger partial charge in [-0.1, -0.05) is 97.8 Å². The molecule has 4 heteroatoms. The van der Waals surface area contributed by atoms with Gasteiger partial charge in [-0.05, 0) is 18.8 Å². The largest absolute Gasteiger partial charge is 0.481 e. The van der Waals surface area contributed by atoms with E-state index in [1.54, 1.807) is 0 Å². The fraction of sp³-hybridized carbons (Fsp3) is 0.952. The van der Waals surface area contributed by atoms with Gasteiger partial charge in [0, 0.05) is 13.0 Å². The van der Waals surface area contributed by atoms with Crippen molar-refractivity contribution in [3.63, 3.8) is 0 Å². The highest BCUT2D eigenvalue weighted by Crippen LogP contribution is 2.12. The molecule has 0 aliphatic carbocycles. The molecule has 0 saturated heterocycles. The van der Waals surface area contributed by atoms with Crippen LogP contribution in [-0.2, 0) is 4.79 Å². The first-order valence-corrected chi connectivity index (χ1v) is 10.8. The molecule has 0 atom stereocenters. The summed E-state index contributed by atoms with van der Waals surface area (Å²) in [6.45, 7) is 7.65. The second kappa shape index (κ2) is 23.4. The summed E-state index contributed by atoms with van der Waals surface area (Å²) in [5.74, 6) is 5.34. The molecule has 4 nitrogen and oxygen atoms in total. The van der Waals surface area contributed by atoms with Crippen LogP contribution in [0.3, 0.4) is 0 Å². The Morgan fingerprint density at radius 3 is 1.64 bits per heavy atom. The molecule has 0 amide bonds. The Hall–Kier alpha value is -0.610. The van der Waals surface area contributed by atoms with Crippen molar-refractivity contribution in [3.05, 3.63) is 0 Å². The summed E-state index contributed by atoms with van der Waals surface area (Å²) in [7, 11) is 0. The molecule has 0 fully saturated rings. The molecule has 0 saturated carbocycles. The van der Waals surface area contributed by atoms with Crippen LogP contribution in [0, 0.1) is 5.92 Å². The lowest BCUT2D eigenvalue weighted by Crippen LogP contribution is -2.24. The van der Waals surface area contributed by atoms with Crippen LogP contribution in [0.4, 0.5) is 0 Å². The number of nitrogens with one attached hydrogen (secondary N) is 1. The molecule has 0 spiro atoms. The van der Waals surface area contributed by atoms with Crippen molar-refractivity contribution in [2.24, 2.45) is 11.8 Å². The summed E-state index contributed by atoms with van der Waals surface area (Å²) < 4.78 is 0. The summed E-state index contributed by atoms with van der Waals surface area (Å²) in [6.07, 6.45) is 18.1. The predicted octanol–water partition coefficient (Wildman–Crippen LogP) is 6.05. The Morgan fingerprint density at radius 2 is 1.28 bits per heavy atom. The van der Waals surface area contributed by atoms with Gasteiger partial charge in [-0.3, -0.25) is 16.1 Å². The summed E-state index contributed by atoms with van der Waals surface area (Å²) in [6, 6.07) is 0. The van der Waals surface area contributed by atoms with Gasteiger partial charge >= 0.3 is 5.97 Å². The van der Waals surface area contributed by atoms with Crippen molar-refractivity contribution in [2.75, 3.05) is 6.54 Å². The first-order chi connectivity index (χ1) is 12.1. The maximum absolute atomic E-state index is 10.3. The molecule has 0 bridgehead atoms. The number of carboxylic acid groups (broad SMARTS) is 1. The van der Waals surface area contributed by atoms with E-state index in [2.05, 4.69) is 26.2 Å². The SMILES string of the molecule is CCC(CC)CCNN.CCCCCCCCCCCCCC(=O)O. The zero-order valence-electron chi connectivity index (χ0n) is 17.3. The molecule has 25 heavy (non-hydrogen) atoms. The first kappa shape index (κ1) is 26.6. The summed E-state index contributed by atoms with van der Waals surface area (Å²) in [5.41, 5.74) is 2.67. The van der Waals surface area contributed by atoms with Crippen LogP contribution in [-0.4, -0.2) is 17.6 Å². The van der Waals surface area contributed by atoms with E-state index in [4.69, 9.17) is 10.9 Å². The number of rotatable bonds is 17. The van der Waals surface area contributed by atoms with Crippen LogP contribution in [0.1, 0.15) is 117 Å². The number of hydrogen-bond acceptors (Lipinski definition) is 3. The van der Waals surface area contributed by atoms with Gasteiger partial charge < -0.3 is 5.11 Å². The van der Waals surface area contributed by atoms with Gasteiger partial charge in [0.1, 0.15) is 0 Å². The average molecular weight is 359 g/mol. The molecule has 4 N–H and O–H groups in total. The highest BCUT2D eigenvalue weighted by atomic mass is 16.4. The Morgan fingerprint density at radius 1 is 0.840 bits per heavy atom. The number of unbranched alkanes of at least 4 members (excludes halogenated alkanes) is 10. The molecule has 0 aliphatic heterocycles. The first-order valence-electron chi connectivity index (χ1n) is 10.8. The van der Waals surface area contributed by atoms with Crippen molar-refractivity contribution < 1.29 is 9.90 Å². The molecule has 152 valence electrons. The second-order valence-electron chi connectivity index (χ2n) is 7.10. The molecule has 0 rings (SSSR count). The molecule has 0 aromatic rings. The smallest absolute Gasteiger partial charge is 0.303 e. The van der Waals surface area contributed by atoms with Crippen molar-refractivity contribution in [2.45, 2.75) is 117 Å². The van der Waals surface area contributed by atoms with Crippen molar-refractivity contribution in [3.8, 4) is 0 Å². The Balaban J connectivity index is 0. The van der Waals surface area contributed by atoms with Crippen LogP contribution in [0.15, 0.2) is 0 Å². The molecule has 0 aliphatic rings. The Labute approximate surface area is 157 Å². The molecule has 0 heterocycles. The van der Waals surface area contributed by atoms with E-state index < -0.39 is 5.97 Å². The fourth-order valence-electron chi connectivity index (χ4n) is 2.92. The van der Waals surface area contributed by atoms with Crippen LogP contribution in [0.2, 0.25) is 0 Å². The zero-order chi connectivity index (χ0) is 19.2. The monoisotopic (exact) mass is 358 g/mol. The lowest BCUT2D eigenvalue weighted by molar-refractivity contribution is -0.137. The summed E-state index contributed by atoms with van der Waals surface area (Å²) in [4.78, 5) is 10.3. The number of aliphatic carboxylic acids is 1. The van der Waals surface area contributed by atoms with Gasteiger partial charge in [-0.25, -0.2) is 0 Å². The molecule has 0 unspecified atom stereocenters. The van der Waals surface area contributed by atoms with Crippen LogP contribution in [0.25, 0.3) is 0 Å². The van der Waals surface area contributed by atoms with Crippen LogP contribution >= 0.6 is 0 Å². The van der Waals surface area contributed by atoms with E-state index in [9.17, 15) is 4.79 Å². The number of carboxylic acids is 1. The molecular weight excluding hydrogens is 312 g/mol. The third-order valence-corrected chi connectivity index (χ3v) is 4.85. The van der Waals surface area contributed by atoms with E-state index in [1.807, 2.05) is 0 Å². The minimum Gasteiger partial charge on any atom is -0.481 e. The second-order valence-corrected chi connectivity index (χ2v) is 7.10. The Kier molecular flexibility index (Phi) is 24.9. The lowest BCUT2D eigenvalue weighted by Gasteiger charge is -2.09. The highest BCUT2D eigenvalue weighted by Gasteiger charge is 2.00. The van der Waals surface area contributed by atoms with E-state index in [1.165, 1.54) is 77.0 Å². The number of nitrogens with two attached hydrogens (primary N) is 1. The van der Waals surface area contributed by atoms with Gasteiger partial charge in [0.05, 0.1) is 0 Å². The lowest BCUT2D eigenvalue weighted by atomic mass is 10.00. The van der Waals surface area contributed by atoms with Crippen molar-refractivity contribution in [1.82, 2.24) is 5.43 Å². The maximum Gasteiger partial charge on any atom is 0.303 e. The number of carbonyl (C=O) groups is 1. The molecule has 0 aromatic carbocycles. The molecular formula is C21H46N2O2. The summed E-state index contributed by atoms with van der Waals surface area (Å²) in [5, 5.41) is 8.46. The van der Waals surface area contributed by atoms with Gasteiger partial charge in [0.15, 0.2) is 0 Å². The normalized spacial score (nSPS) is 10.6. The van der Waals surface area contributed by atoms with Crippen LogP contribution < -0.4 is 11.3 Å². The standard InChI is InChI=1S/C14H28O2.C7H18N2/c1-2-3-4-5-6-7-8-9-10-11-12-13-14(15)16;1-3-7(4-2)5-6-9-8/h2-13H2,1H3,(H,15,16);7,9H,3-6,8H2,1-2H3. The average Bonchev–Trinajstić information content (AvgIpc) is 2.61. The summed E-state index contributed by atoms with van der Waals surface area (Å²) >= 11 is 0. The number of hydrazine groups is 1. The fourth-order valence-corrected chi connectivity index (χ4v) is 2.92. The zero-order valence-corrected chi connectivity index (χ0v) is 17.3. The van der Waals surface area contributed by atoms with Gasteiger partial charge in [0.2, 0.25) is 0 Å². The third kappa shape index (κ3) is 25.7. The Bertz CT molecular complexity index is 256. The maximum atomic E-state index is 10.3. The molecule has 0 radical (unpaired) electrons. The highest BCUT2D eigenvalue weighted by molar-refractivity contribution is 5.66. The number of hydrogen-bond donors (Lipinski definition) is 3. The van der Waals surface area contributed by atoms with E-state index in [-0.39, 0.29) is 0 Å². The van der Waals surface area contributed by atoms with Crippen molar-refractivity contribution in [1.29, 1.82) is 0 Å². The minimum atomic E-state index is -0.657. The van der Waals surface area contributed by atoms with Gasteiger partial charge in [-0.15, -0.1) is 0 Å². The minimum absolute atomic E-state index is 0.344. The van der Waals surface area contributed by atoms with E-state index >= 15 is 0 Å². The topological polar surface area (TPSA) is 75.3 Å². The third-order valence-electron chi connectivity index (χ3n) is 4.85. The van der Waals surface area contributed by atoms with Gasteiger partial charge in [0.25, 0.3) is 0 Å². The van der Waals surface area contributed by atoms with Crippen molar-refractivity contribution >= 4 is 5.97 Å². The van der Waals surface area contributed by atoms with E-state index in [0.717, 1.165) is 25.3 Å². The van der Waals surface area contributed by atoms with E-state index in [0.29, 0.717) is 6.42 Å². The van der Waals surface area contributed by atoms with Crippen LogP contribution in [0.5, 0.6) is 0 Å². The molecule has 0 aromatic heterocycles. The van der Waals surface area contributed by atoms with Gasteiger partial charge in [-0.2, -0.15) is 0 Å². The predicted molar refractivity (Wildman–Crippen MR) is 110 cm³/mol.